The molecule has 1 aromatic heterocycles. The lowest BCUT2D eigenvalue weighted by Gasteiger charge is -2.28. The van der Waals surface area contributed by atoms with Gasteiger partial charge in [0.25, 0.3) is 5.91 Å². The van der Waals surface area contributed by atoms with Gasteiger partial charge in [0, 0.05) is 25.6 Å². The fourth-order valence-corrected chi connectivity index (χ4v) is 2.60. The van der Waals surface area contributed by atoms with Crippen LogP contribution >= 0.6 is 12.4 Å². The first-order valence-corrected chi connectivity index (χ1v) is 7.71. The lowest BCUT2D eigenvalue weighted by molar-refractivity contribution is -0.145. The minimum atomic E-state index is -0.406. The highest BCUT2D eigenvalue weighted by atomic mass is 35.5. The molecule has 8 heteroatoms. The van der Waals surface area contributed by atoms with Gasteiger partial charge in [0.05, 0.1) is 13.2 Å². The number of nitrogens with zero attached hydrogens (tertiary/aromatic N) is 3. The molecule has 1 aromatic rings. The summed E-state index contributed by atoms with van der Waals surface area (Å²) in [6.07, 6.45) is 3.07. The molecule has 124 valence electrons. The second-order valence-corrected chi connectivity index (χ2v) is 5.59. The fourth-order valence-electron chi connectivity index (χ4n) is 2.60. The maximum atomic E-state index is 12.4. The molecule has 1 unspecified atom stereocenters. The molecule has 2 heterocycles. The maximum absolute atomic E-state index is 12.4. The monoisotopic (exact) mass is 330 g/mol. The van der Waals surface area contributed by atoms with E-state index in [0.29, 0.717) is 38.0 Å². The van der Waals surface area contributed by atoms with Gasteiger partial charge >= 0.3 is 0 Å². The van der Waals surface area contributed by atoms with Crippen molar-refractivity contribution in [1.82, 2.24) is 20.4 Å². The predicted octanol–water partition coefficient (Wildman–Crippen LogP) is 1.10. The van der Waals surface area contributed by atoms with Crippen LogP contribution in [-0.4, -0.2) is 53.3 Å². The van der Waals surface area contributed by atoms with E-state index in [4.69, 9.17) is 9.26 Å². The van der Waals surface area contributed by atoms with Gasteiger partial charge < -0.3 is 19.5 Å². The summed E-state index contributed by atoms with van der Waals surface area (Å²) < 4.78 is 10.8. The molecule has 1 aliphatic carbocycles. The van der Waals surface area contributed by atoms with E-state index < -0.39 is 6.10 Å². The third kappa shape index (κ3) is 3.77. The van der Waals surface area contributed by atoms with Crippen LogP contribution in [0, 0.1) is 0 Å². The van der Waals surface area contributed by atoms with E-state index >= 15 is 0 Å². The van der Waals surface area contributed by atoms with E-state index in [1.807, 2.05) is 6.92 Å². The normalized spacial score (nSPS) is 21.8. The zero-order valence-electron chi connectivity index (χ0n) is 12.8. The minimum absolute atomic E-state index is 0. The van der Waals surface area contributed by atoms with Crippen molar-refractivity contribution in [3.05, 3.63) is 11.7 Å². The molecule has 1 amide bonds. The maximum Gasteiger partial charge on any atom is 0.253 e. The summed E-state index contributed by atoms with van der Waals surface area (Å²) in [5.74, 6) is 1.70. The van der Waals surface area contributed by atoms with E-state index in [2.05, 4.69) is 15.5 Å². The van der Waals surface area contributed by atoms with Gasteiger partial charge in [-0.2, -0.15) is 4.98 Å². The second-order valence-electron chi connectivity index (χ2n) is 5.59. The topological polar surface area (TPSA) is 80.5 Å². The van der Waals surface area contributed by atoms with Crippen LogP contribution in [0.3, 0.4) is 0 Å². The smallest absolute Gasteiger partial charge is 0.253 e. The fraction of sp³-hybridized carbons (Fsp3) is 0.786. The average Bonchev–Trinajstić information content (AvgIpc) is 2.91. The molecule has 0 aromatic carbocycles. The number of ether oxygens (including phenoxy) is 1. The summed E-state index contributed by atoms with van der Waals surface area (Å²) in [6, 6.07) is 0. The van der Waals surface area contributed by atoms with E-state index in [1.54, 1.807) is 4.90 Å². The summed E-state index contributed by atoms with van der Waals surface area (Å²) in [4.78, 5) is 18.6. The van der Waals surface area contributed by atoms with Crippen molar-refractivity contribution in [1.29, 1.82) is 0 Å². The molecule has 0 bridgehead atoms. The number of hydrogen-bond donors (Lipinski definition) is 1. The van der Waals surface area contributed by atoms with Crippen molar-refractivity contribution in [3.63, 3.8) is 0 Å². The summed E-state index contributed by atoms with van der Waals surface area (Å²) in [7, 11) is 0. The van der Waals surface area contributed by atoms with Gasteiger partial charge in [-0.25, -0.2) is 0 Å². The molecule has 1 atom stereocenters. The number of nitrogens with one attached hydrogen (secondary N) is 1. The molecule has 0 radical (unpaired) electrons. The van der Waals surface area contributed by atoms with Crippen LogP contribution in [0.2, 0.25) is 0 Å². The number of carbonyl (C=O) groups is 1. The van der Waals surface area contributed by atoms with Crippen LogP contribution in [0.4, 0.5) is 0 Å². The number of hydrogen-bond acceptors (Lipinski definition) is 6. The van der Waals surface area contributed by atoms with Crippen LogP contribution in [0.25, 0.3) is 0 Å². The molecule has 2 fully saturated rings. The Morgan fingerprint density at radius 3 is 2.86 bits per heavy atom. The van der Waals surface area contributed by atoms with Gasteiger partial charge in [-0.15, -0.1) is 12.4 Å². The van der Waals surface area contributed by atoms with E-state index in [0.717, 1.165) is 25.3 Å². The van der Waals surface area contributed by atoms with Crippen LogP contribution in [-0.2, 0) is 16.1 Å². The van der Waals surface area contributed by atoms with Crippen LogP contribution < -0.4 is 5.32 Å². The molecular weight excluding hydrogens is 308 g/mol. The van der Waals surface area contributed by atoms with Crippen molar-refractivity contribution >= 4 is 18.3 Å². The Kier molecular flexibility index (Phi) is 6.16. The van der Waals surface area contributed by atoms with Gasteiger partial charge in [0.1, 0.15) is 6.10 Å². The first-order chi connectivity index (χ1) is 10.3. The molecule has 0 spiro atoms. The Hall–Kier alpha value is -1.18. The van der Waals surface area contributed by atoms with E-state index in [9.17, 15) is 4.79 Å². The van der Waals surface area contributed by atoms with Crippen molar-refractivity contribution in [2.24, 2.45) is 0 Å². The number of halogens is 1. The Morgan fingerprint density at radius 2 is 2.27 bits per heavy atom. The van der Waals surface area contributed by atoms with Crippen LogP contribution in [0.1, 0.15) is 43.8 Å². The summed E-state index contributed by atoms with van der Waals surface area (Å²) in [5, 5.41) is 7.17. The SMILES string of the molecule is CCN(Cc1noc(C2CCC2)n1)C(=O)C1CNCCO1.Cl. The number of likely N-dealkylation sites (N-methyl/N-ethyl adjacent to an activating group) is 1. The van der Waals surface area contributed by atoms with Crippen molar-refractivity contribution in [2.45, 2.75) is 44.8 Å². The molecule has 7 nitrogen and oxygen atoms in total. The molecule has 2 aliphatic rings. The number of morpholine rings is 1. The highest BCUT2D eigenvalue weighted by molar-refractivity contribution is 5.85. The first-order valence-electron chi connectivity index (χ1n) is 7.71. The summed E-state index contributed by atoms with van der Waals surface area (Å²) >= 11 is 0. The Balaban J connectivity index is 0.00000176. The predicted molar refractivity (Wildman–Crippen MR) is 81.8 cm³/mol. The van der Waals surface area contributed by atoms with Crippen molar-refractivity contribution in [2.75, 3.05) is 26.2 Å². The van der Waals surface area contributed by atoms with Gasteiger partial charge in [-0.1, -0.05) is 11.6 Å². The molecule has 22 heavy (non-hydrogen) atoms. The number of rotatable bonds is 5. The Bertz CT molecular complexity index is 486. The quantitative estimate of drug-likeness (QED) is 0.870. The second kappa shape index (κ2) is 7.89. The highest BCUT2D eigenvalue weighted by Gasteiger charge is 2.29. The number of aromatic nitrogens is 2. The van der Waals surface area contributed by atoms with E-state index in [-0.39, 0.29) is 18.3 Å². The van der Waals surface area contributed by atoms with Gasteiger partial charge in [0.15, 0.2) is 5.82 Å². The van der Waals surface area contributed by atoms with Crippen molar-refractivity contribution in [3.8, 4) is 0 Å². The summed E-state index contributed by atoms with van der Waals surface area (Å²) in [6.45, 7) is 4.86. The van der Waals surface area contributed by atoms with Crippen LogP contribution in [0.5, 0.6) is 0 Å². The van der Waals surface area contributed by atoms with Crippen molar-refractivity contribution < 1.29 is 14.1 Å². The zero-order chi connectivity index (χ0) is 14.7. The highest BCUT2D eigenvalue weighted by Crippen LogP contribution is 2.35. The molecule has 1 saturated carbocycles. The first kappa shape index (κ1) is 17.2. The Labute approximate surface area is 136 Å². The average molecular weight is 331 g/mol. The summed E-state index contributed by atoms with van der Waals surface area (Å²) in [5.41, 5.74) is 0. The van der Waals surface area contributed by atoms with Gasteiger partial charge in [0.2, 0.25) is 5.89 Å². The minimum Gasteiger partial charge on any atom is -0.366 e. The lowest BCUT2D eigenvalue weighted by atomic mass is 9.85. The van der Waals surface area contributed by atoms with Gasteiger partial charge in [-0.05, 0) is 19.8 Å². The number of amides is 1. The largest absolute Gasteiger partial charge is 0.366 e. The van der Waals surface area contributed by atoms with Gasteiger partial charge in [-0.3, -0.25) is 4.79 Å². The van der Waals surface area contributed by atoms with Crippen LogP contribution in [0.15, 0.2) is 4.52 Å². The molecule has 1 saturated heterocycles. The Morgan fingerprint density at radius 1 is 1.45 bits per heavy atom. The number of carbonyl (C=O) groups excluding carboxylic acids is 1. The molecule has 1 N–H and O–H groups in total. The molecule has 1 aliphatic heterocycles. The standard InChI is InChI=1S/C14H22N4O3.ClH/c1-2-18(14(19)11-8-15-6-7-20-11)9-12-16-13(21-17-12)10-4-3-5-10;/h10-11,15H,2-9H2,1H3;1H. The van der Waals surface area contributed by atoms with E-state index in [1.165, 1.54) is 6.42 Å². The lowest BCUT2D eigenvalue weighted by Crippen LogP contribution is -2.49. The zero-order valence-corrected chi connectivity index (χ0v) is 13.6. The third-order valence-electron chi connectivity index (χ3n) is 4.17. The molecule has 3 rings (SSSR count). The third-order valence-corrected chi connectivity index (χ3v) is 4.17. The molecular formula is C14H23ClN4O3.